The van der Waals surface area contributed by atoms with Crippen LogP contribution in [0.25, 0.3) is 4.85 Å². The number of aromatic nitrogens is 2. The van der Waals surface area contributed by atoms with Crippen LogP contribution in [0.5, 0.6) is 0 Å². The average Bonchev–Trinajstić information content (AvgIpc) is 2.91. The highest BCUT2D eigenvalue weighted by molar-refractivity contribution is 7.99. The monoisotopic (exact) mass is 328 g/mol. The topological polar surface area (TPSA) is 54.8 Å². The van der Waals surface area contributed by atoms with Crippen molar-refractivity contribution < 1.29 is 5.11 Å². The van der Waals surface area contributed by atoms with Gasteiger partial charge >= 0.3 is 0 Å². The molecule has 0 unspecified atom stereocenters. The standard InChI is InChI=1S/C17H20N4OS/c1-5-15-17(16(6-2)21(20-15)7-8-22)23-14-10-12(18-3)9-13(11-14)19-4/h9-11,22H,3,5-8H2,1-2H3. The Bertz CT molecular complexity index is 746. The molecule has 1 heterocycles. The quantitative estimate of drug-likeness (QED) is 0.616. The smallest absolute Gasteiger partial charge is 0.190 e. The lowest BCUT2D eigenvalue weighted by Gasteiger charge is -2.08. The Morgan fingerprint density at radius 2 is 2.13 bits per heavy atom. The van der Waals surface area contributed by atoms with Gasteiger partial charge in [-0.1, -0.05) is 25.6 Å². The van der Waals surface area contributed by atoms with E-state index in [1.54, 1.807) is 17.8 Å². The molecule has 23 heavy (non-hydrogen) atoms. The van der Waals surface area contributed by atoms with Crippen LogP contribution in [0.1, 0.15) is 25.2 Å². The maximum absolute atomic E-state index is 9.22. The van der Waals surface area contributed by atoms with Crippen molar-refractivity contribution in [2.24, 2.45) is 4.99 Å². The van der Waals surface area contributed by atoms with Gasteiger partial charge in [-0.15, -0.1) is 0 Å². The van der Waals surface area contributed by atoms with Crippen LogP contribution in [0.3, 0.4) is 0 Å². The van der Waals surface area contributed by atoms with E-state index in [1.165, 1.54) is 0 Å². The zero-order valence-electron chi connectivity index (χ0n) is 13.4. The molecule has 1 aromatic heterocycles. The third kappa shape index (κ3) is 3.81. The number of aliphatic hydroxyl groups is 1. The molecule has 0 atom stereocenters. The highest BCUT2D eigenvalue weighted by Gasteiger charge is 2.17. The van der Waals surface area contributed by atoms with E-state index in [4.69, 9.17) is 6.57 Å². The summed E-state index contributed by atoms with van der Waals surface area (Å²) in [7, 11) is 0. The Labute approximate surface area is 140 Å². The van der Waals surface area contributed by atoms with Crippen molar-refractivity contribution in [2.75, 3.05) is 6.61 Å². The van der Waals surface area contributed by atoms with E-state index in [1.807, 2.05) is 16.8 Å². The lowest BCUT2D eigenvalue weighted by molar-refractivity contribution is 0.267. The van der Waals surface area contributed by atoms with Crippen LogP contribution in [0.2, 0.25) is 0 Å². The van der Waals surface area contributed by atoms with Gasteiger partial charge in [-0.3, -0.25) is 9.67 Å². The summed E-state index contributed by atoms with van der Waals surface area (Å²) in [6.07, 6.45) is 1.66. The van der Waals surface area contributed by atoms with Gasteiger partial charge in [-0.05, 0) is 37.8 Å². The van der Waals surface area contributed by atoms with Crippen molar-refractivity contribution in [2.45, 2.75) is 43.0 Å². The van der Waals surface area contributed by atoms with Gasteiger partial charge in [0.2, 0.25) is 0 Å². The minimum absolute atomic E-state index is 0.0691. The van der Waals surface area contributed by atoms with Crippen LogP contribution in [-0.4, -0.2) is 28.2 Å². The van der Waals surface area contributed by atoms with E-state index >= 15 is 0 Å². The van der Waals surface area contributed by atoms with Gasteiger partial charge in [-0.2, -0.15) is 5.10 Å². The van der Waals surface area contributed by atoms with Crippen molar-refractivity contribution in [3.8, 4) is 0 Å². The van der Waals surface area contributed by atoms with E-state index in [-0.39, 0.29) is 6.61 Å². The van der Waals surface area contributed by atoms with Crippen molar-refractivity contribution in [1.29, 1.82) is 0 Å². The first-order chi connectivity index (χ1) is 11.2. The maximum Gasteiger partial charge on any atom is 0.190 e. The molecule has 1 N–H and O–H groups in total. The molecule has 2 aromatic rings. The molecule has 0 aliphatic heterocycles. The van der Waals surface area contributed by atoms with Gasteiger partial charge < -0.3 is 5.11 Å². The van der Waals surface area contributed by atoms with Crippen LogP contribution < -0.4 is 0 Å². The number of benzene rings is 1. The van der Waals surface area contributed by atoms with Crippen molar-refractivity contribution in [3.05, 3.63) is 41.0 Å². The van der Waals surface area contributed by atoms with Crippen LogP contribution in [-0.2, 0) is 19.4 Å². The van der Waals surface area contributed by atoms with Crippen molar-refractivity contribution in [3.63, 3.8) is 0 Å². The summed E-state index contributed by atoms with van der Waals surface area (Å²) in [6.45, 7) is 15.5. The summed E-state index contributed by atoms with van der Waals surface area (Å²) in [5.74, 6) is 0. The second-order valence-electron chi connectivity index (χ2n) is 4.93. The van der Waals surface area contributed by atoms with Gasteiger partial charge in [0.15, 0.2) is 5.69 Å². The number of aliphatic hydroxyl groups excluding tert-OH is 1. The van der Waals surface area contributed by atoms with E-state index in [0.29, 0.717) is 17.9 Å². The van der Waals surface area contributed by atoms with Crippen LogP contribution >= 0.6 is 11.8 Å². The third-order valence-electron chi connectivity index (χ3n) is 3.47. The van der Waals surface area contributed by atoms with Gasteiger partial charge in [-0.25, -0.2) is 4.85 Å². The summed E-state index contributed by atoms with van der Waals surface area (Å²) in [4.78, 5) is 9.50. The first kappa shape index (κ1) is 17.3. The summed E-state index contributed by atoms with van der Waals surface area (Å²) < 4.78 is 1.88. The maximum atomic E-state index is 9.22. The highest BCUT2D eigenvalue weighted by atomic mass is 32.2. The predicted octanol–water partition coefficient (Wildman–Crippen LogP) is 4.03. The molecule has 2 rings (SSSR count). The molecule has 0 radical (unpaired) electrons. The fraction of sp³-hybridized carbons (Fsp3) is 0.353. The van der Waals surface area contributed by atoms with Gasteiger partial charge in [0, 0.05) is 4.90 Å². The normalized spacial score (nSPS) is 10.5. The predicted molar refractivity (Wildman–Crippen MR) is 94.1 cm³/mol. The molecular formula is C17H20N4OS. The van der Waals surface area contributed by atoms with Crippen LogP contribution in [0.15, 0.2) is 33.0 Å². The number of aliphatic imine (C=N–C) groups is 1. The molecule has 0 saturated heterocycles. The number of rotatable bonds is 7. The van der Waals surface area contributed by atoms with E-state index in [0.717, 1.165) is 34.0 Å². The Morgan fingerprint density at radius 3 is 2.70 bits per heavy atom. The third-order valence-corrected chi connectivity index (χ3v) is 4.61. The molecule has 1 aromatic carbocycles. The molecule has 0 bridgehead atoms. The highest BCUT2D eigenvalue weighted by Crippen LogP contribution is 2.37. The van der Waals surface area contributed by atoms with Crippen LogP contribution in [0, 0.1) is 6.57 Å². The van der Waals surface area contributed by atoms with Crippen LogP contribution in [0.4, 0.5) is 11.4 Å². The molecular weight excluding hydrogens is 308 g/mol. The van der Waals surface area contributed by atoms with Gasteiger partial charge in [0.25, 0.3) is 0 Å². The Kier molecular flexibility index (Phi) is 5.97. The second-order valence-corrected chi connectivity index (χ2v) is 6.02. The molecule has 6 heteroatoms. The molecule has 0 amide bonds. The van der Waals surface area contributed by atoms with E-state index < -0.39 is 0 Å². The average molecular weight is 328 g/mol. The fourth-order valence-electron chi connectivity index (χ4n) is 2.41. The lowest BCUT2D eigenvalue weighted by atomic mass is 10.2. The molecule has 5 nitrogen and oxygen atoms in total. The first-order valence-electron chi connectivity index (χ1n) is 7.53. The minimum Gasteiger partial charge on any atom is -0.394 e. The number of hydrogen-bond donors (Lipinski definition) is 1. The molecule has 0 fully saturated rings. The summed E-state index contributed by atoms with van der Waals surface area (Å²) >= 11 is 1.60. The van der Waals surface area contributed by atoms with E-state index in [2.05, 4.69) is 35.5 Å². The SMILES string of the molecule is [C-]#[N+]c1cc(N=C)cc(Sc2c(CC)nn(CCO)c2CC)c1. The lowest BCUT2D eigenvalue weighted by Crippen LogP contribution is -2.07. The molecule has 120 valence electrons. The van der Waals surface area contributed by atoms with Gasteiger partial charge in [0.05, 0.1) is 41.7 Å². The van der Waals surface area contributed by atoms with Crippen molar-refractivity contribution >= 4 is 29.9 Å². The Morgan fingerprint density at radius 1 is 1.35 bits per heavy atom. The second kappa shape index (κ2) is 7.95. The molecule has 0 aliphatic rings. The summed E-state index contributed by atoms with van der Waals surface area (Å²) in [6, 6.07) is 5.50. The molecule has 0 spiro atoms. The Hall–Kier alpha value is -2.10. The zero-order chi connectivity index (χ0) is 16.8. The minimum atomic E-state index is 0.0691. The first-order valence-corrected chi connectivity index (χ1v) is 8.34. The number of hydrogen-bond acceptors (Lipinski definition) is 4. The number of aryl methyl sites for hydroxylation is 1. The largest absolute Gasteiger partial charge is 0.394 e. The number of nitrogens with zero attached hydrogens (tertiary/aromatic N) is 4. The summed E-state index contributed by atoms with van der Waals surface area (Å²) in [5.41, 5.74) is 3.37. The summed E-state index contributed by atoms with van der Waals surface area (Å²) in [5, 5.41) is 13.8. The van der Waals surface area contributed by atoms with E-state index in [9.17, 15) is 5.11 Å². The fourth-order valence-corrected chi connectivity index (χ4v) is 3.67. The van der Waals surface area contributed by atoms with Crippen molar-refractivity contribution in [1.82, 2.24) is 9.78 Å². The van der Waals surface area contributed by atoms with Gasteiger partial charge in [0.1, 0.15) is 0 Å². The zero-order valence-corrected chi connectivity index (χ0v) is 14.2. The molecule has 0 saturated carbocycles. The Balaban J connectivity index is 2.47. The molecule has 0 aliphatic carbocycles.